The molecule has 1 aromatic rings. The van der Waals surface area contributed by atoms with E-state index in [1.807, 2.05) is 0 Å². The Balaban J connectivity index is 1.98. The number of halogens is 1. The van der Waals surface area contributed by atoms with Gasteiger partial charge in [0.1, 0.15) is 5.82 Å². The van der Waals surface area contributed by atoms with Crippen LogP contribution < -0.4 is 11.1 Å². The van der Waals surface area contributed by atoms with Crippen LogP contribution in [0.5, 0.6) is 0 Å². The smallest absolute Gasteiger partial charge is 0.227 e. The Morgan fingerprint density at radius 1 is 1.11 bits per heavy atom. The van der Waals surface area contributed by atoms with Crippen molar-refractivity contribution in [3.63, 3.8) is 0 Å². The van der Waals surface area contributed by atoms with E-state index in [9.17, 15) is 9.18 Å². The SMILES string of the molecule is Nc1cc(F)cc(NC(=O)C2CCCCCCC2)c1. The van der Waals surface area contributed by atoms with Gasteiger partial charge in [0.15, 0.2) is 0 Å². The summed E-state index contributed by atoms with van der Waals surface area (Å²) in [6, 6.07) is 4.13. The molecule has 0 unspecified atom stereocenters. The van der Waals surface area contributed by atoms with Crippen molar-refractivity contribution in [1.29, 1.82) is 0 Å². The predicted molar refractivity (Wildman–Crippen MR) is 75.3 cm³/mol. The number of carbonyl (C=O) groups is 1. The molecule has 104 valence electrons. The third kappa shape index (κ3) is 4.23. The van der Waals surface area contributed by atoms with Crippen molar-refractivity contribution >= 4 is 17.3 Å². The summed E-state index contributed by atoms with van der Waals surface area (Å²) in [5.41, 5.74) is 6.34. The van der Waals surface area contributed by atoms with E-state index >= 15 is 0 Å². The largest absolute Gasteiger partial charge is 0.399 e. The number of benzene rings is 1. The molecule has 1 saturated carbocycles. The summed E-state index contributed by atoms with van der Waals surface area (Å²) in [4.78, 5) is 12.2. The Hall–Kier alpha value is -1.58. The molecule has 1 amide bonds. The zero-order valence-electron chi connectivity index (χ0n) is 11.1. The van der Waals surface area contributed by atoms with E-state index in [4.69, 9.17) is 5.73 Å². The second kappa shape index (κ2) is 6.55. The highest BCUT2D eigenvalue weighted by Gasteiger charge is 2.19. The number of nitrogens with one attached hydrogen (secondary N) is 1. The topological polar surface area (TPSA) is 55.1 Å². The van der Waals surface area contributed by atoms with Crippen molar-refractivity contribution in [2.24, 2.45) is 5.92 Å². The van der Waals surface area contributed by atoms with Gasteiger partial charge in [-0.2, -0.15) is 0 Å². The first-order chi connectivity index (χ1) is 9.15. The third-order valence-corrected chi connectivity index (χ3v) is 3.66. The normalized spacial score (nSPS) is 17.5. The van der Waals surface area contributed by atoms with E-state index in [1.54, 1.807) is 6.07 Å². The molecule has 0 saturated heterocycles. The lowest BCUT2D eigenvalue weighted by atomic mass is 9.90. The van der Waals surface area contributed by atoms with Gasteiger partial charge in [-0.05, 0) is 31.0 Å². The van der Waals surface area contributed by atoms with Crippen LogP contribution in [0, 0.1) is 11.7 Å². The van der Waals surface area contributed by atoms with Crippen LogP contribution in [-0.2, 0) is 4.79 Å². The number of carbonyl (C=O) groups excluding carboxylic acids is 1. The molecule has 0 bridgehead atoms. The Kier molecular flexibility index (Phi) is 4.77. The highest BCUT2D eigenvalue weighted by Crippen LogP contribution is 2.24. The molecule has 3 N–H and O–H groups in total. The summed E-state index contributed by atoms with van der Waals surface area (Å²) in [6.07, 6.45) is 7.74. The van der Waals surface area contributed by atoms with Crippen LogP contribution in [0.1, 0.15) is 44.9 Å². The molecule has 2 rings (SSSR count). The minimum atomic E-state index is -0.423. The van der Waals surface area contributed by atoms with Gasteiger partial charge in [-0.1, -0.05) is 32.1 Å². The Morgan fingerprint density at radius 2 is 1.74 bits per heavy atom. The van der Waals surface area contributed by atoms with E-state index < -0.39 is 5.82 Å². The number of nitrogen functional groups attached to an aromatic ring is 1. The molecule has 1 aliphatic carbocycles. The van der Waals surface area contributed by atoms with Crippen LogP contribution in [0.2, 0.25) is 0 Å². The first-order valence-electron chi connectivity index (χ1n) is 7.02. The minimum Gasteiger partial charge on any atom is -0.399 e. The fourth-order valence-corrected chi connectivity index (χ4v) is 2.65. The van der Waals surface area contributed by atoms with Crippen LogP contribution in [0.15, 0.2) is 18.2 Å². The Labute approximate surface area is 113 Å². The lowest BCUT2D eigenvalue weighted by Crippen LogP contribution is -2.23. The summed E-state index contributed by atoms with van der Waals surface area (Å²) in [7, 11) is 0. The Morgan fingerprint density at radius 3 is 2.37 bits per heavy atom. The second-order valence-electron chi connectivity index (χ2n) is 5.30. The van der Waals surface area contributed by atoms with E-state index in [-0.39, 0.29) is 11.8 Å². The van der Waals surface area contributed by atoms with E-state index in [2.05, 4.69) is 5.32 Å². The minimum absolute atomic E-state index is 0.00750. The lowest BCUT2D eigenvalue weighted by Gasteiger charge is -2.19. The molecule has 0 radical (unpaired) electrons. The van der Waals surface area contributed by atoms with Gasteiger partial charge in [0.2, 0.25) is 5.91 Å². The molecule has 1 aliphatic rings. The molecule has 19 heavy (non-hydrogen) atoms. The number of nitrogens with two attached hydrogens (primary N) is 1. The molecule has 3 nitrogen and oxygen atoms in total. The van der Waals surface area contributed by atoms with Gasteiger partial charge in [-0.3, -0.25) is 4.79 Å². The fourth-order valence-electron chi connectivity index (χ4n) is 2.65. The van der Waals surface area contributed by atoms with E-state index in [0.29, 0.717) is 11.4 Å². The first kappa shape index (κ1) is 13.8. The average molecular weight is 264 g/mol. The zero-order valence-corrected chi connectivity index (χ0v) is 11.1. The molecule has 0 atom stereocenters. The molecular formula is C15H21FN2O. The highest BCUT2D eigenvalue weighted by atomic mass is 19.1. The molecule has 1 aromatic carbocycles. The summed E-state index contributed by atoms with van der Waals surface area (Å²) >= 11 is 0. The van der Waals surface area contributed by atoms with E-state index in [0.717, 1.165) is 25.7 Å². The summed E-state index contributed by atoms with van der Waals surface area (Å²) in [5.74, 6) is -0.385. The average Bonchev–Trinajstić information content (AvgIpc) is 2.26. The van der Waals surface area contributed by atoms with Crippen LogP contribution in [-0.4, -0.2) is 5.91 Å². The molecule has 1 fully saturated rings. The third-order valence-electron chi connectivity index (χ3n) is 3.66. The van der Waals surface area contributed by atoms with Crippen LogP contribution >= 0.6 is 0 Å². The molecule has 0 aliphatic heterocycles. The molecular weight excluding hydrogens is 243 g/mol. The monoisotopic (exact) mass is 264 g/mol. The maximum absolute atomic E-state index is 13.2. The van der Waals surface area contributed by atoms with E-state index in [1.165, 1.54) is 31.4 Å². The zero-order chi connectivity index (χ0) is 13.7. The molecule has 0 spiro atoms. The van der Waals surface area contributed by atoms with Gasteiger partial charge < -0.3 is 11.1 Å². The van der Waals surface area contributed by atoms with Crippen molar-refractivity contribution in [1.82, 2.24) is 0 Å². The molecule has 0 heterocycles. The van der Waals surface area contributed by atoms with Crippen LogP contribution in [0.4, 0.5) is 15.8 Å². The number of rotatable bonds is 2. The number of hydrogen-bond acceptors (Lipinski definition) is 2. The fraction of sp³-hybridized carbons (Fsp3) is 0.533. The predicted octanol–water partition coefficient (Wildman–Crippen LogP) is 3.71. The van der Waals surface area contributed by atoms with Gasteiger partial charge in [0, 0.05) is 17.3 Å². The van der Waals surface area contributed by atoms with Gasteiger partial charge in [0.05, 0.1) is 0 Å². The first-order valence-corrected chi connectivity index (χ1v) is 7.02. The van der Waals surface area contributed by atoms with Crippen molar-refractivity contribution in [2.45, 2.75) is 44.9 Å². The Bertz CT molecular complexity index is 420. The summed E-state index contributed by atoms with van der Waals surface area (Å²) in [5, 5.41) is 2.78. The quantitative estimate of drug-likeness (QED) is 0.800. The van der Waals surface area contributed by atoms with Crippen molar-refractivity contribution in [3.8, 4) is 0 Å². The second-order valence-corrected chi connectivity index (χ2v) is 5.30. The van der Waals surface area contributed by atoms with Gasteiger partial charge in [-0.15, -0.1) is 0 Å². The maximum Gasteiger partial charge on any atom is 0.227 e. The van der Waals surface area contributed by atoms with Crippen molar-refractivity contribution < 1.29 is 9.18 Å². The highest BCUT2D eigenvalue weighted by molar-refractivity contribution is 5.92. The summed E-state index contributed by atoms with van der Waals surface area (Å²) in [6.45, 7) is 0. The van der Waals surface area contributed by atoms with Crippen molar-refractivity contribution in [3.05, 3.63) is 24.0 Å². The lowest BCUT2D eigenvalue weighted by molar-refractivity contribution is -0.120. The number of hydrogen-bond donors (Lipinski definition) is 2. The van der Waals surface area contributed by atoms with Gasteiger partial charge in [-0.25, -0.2) is 4.39 Å². The van der Waals surface area contributed by atoms with Crippen LogP contribution in [0.3, 0.4) is 0 Å². The molecule has 4 heteroatoms. The number of amides is 1. The van der Waals surface area contributed by atoms with Crippen molar-refractivity contribution in [2.75, 3.05) is 11.1 Å². The standard InChI is InChI=1S/C15H21FN2O/c16-12-8-13(17)10-14(9-12)18-15(19)11-6-4-2-1-3-5-7-11/h8-11H,1-7,17H2,(H,18,19). The van der Waals surface area contributed by atoms with Crippen LogP contribution in [0.25, 0.3) is 0 Å². The molecule has 0 aromatic heterocycles. The summed E-state index contributed by atoms with van der Waals surface area (Å²) < 4.78 is 13.2. The number of anilines is 2. The van der Waals surface area contributed by atoms with Gasteiger partial charge in [0.25, 0.3) is 0 Å². The van der Waals surface area contributed by atoms with Gasteiger partial charge >= 0.3 is 0 Å². The maximum atomic E-state index is 13.2.